The zero-order valence-electron chi connectivity index (χ0n) is 15.8. The van der Waals surface area contributed by atoms with Gasteiger partial charge in [-0.15, -0.1) is 0 Å². The molecule has 1 atom stereocenters. The van der Waals surface area contributed by atoms with Gasteiger partial charge in [0.1, 0.15) is 11.5 Å². The predicted molar refractivity (Wildman–Crippen MR) is 106 cm³/mol. The highest BCUT2D eigenvalue weighted by molar-refractivity contribution is 6.12. The van der Waals surface area contributed by atoms with E-state index < -0.39 is 0 Å². The van der Waals surface area contributed by atoms with Gasteiger partial charge in [0.2, 0.25) is 0 Å². The van der Waals surface area contributed by atoms with E-state index in [9.17, 15) is 0 Å². The van der Waals surface area contributed by atoms with Gasteiger partial charge in [0, 0.05) is 12.6 Å². The van der Waals surface area contributed by atoms with Crippen LogP contribution in [-0.2, 0) is 13.0 Å². The Morgan fingerprint density at radius 3 is 2.58 bits per heavy atom. The Balaban J connectivity index is 1.89. The molecule has 2 aliphatic heterocycles. The third-order valence-electron chi connectivity index (χ3n) is 6.37. The average molecular weight is 347 g/mol. The van der Waals surface area contributed by atoms with Crippen LogP contribution in [0.15, 0.2) is 30.3 Å². The van der Waals surface area contributed by atoms with Gasteiger partial charge in [0.15, 0.2) is 0 Å². The summed E-state index contributed by atoms with van der Waals surface area (Å²) < 4.78 is 11.2. The highest BCUT2D eigenvalue weighted by Gasteiger charge is 2.32. The van der Waals surface area contributed by atoms with E-state index >= 15 is 0 Å². The SMILES string of the molecule is COc1ccc2c(c1)c1c(c3cc(OC)c(C)cc32)CN2CCCC2C1. The van der Waals surface area contributed by atoms with Gasteiger partial charge in [-0.1, -0.05) is 6.07 Å². The van der Waals surface area contributed by atoms with Crippen molar-refractivity contribution in [1.82, 2.24) is 4.90 Å². The summed E-state index contributed by atoms with van der Waals surface area (Å²) in [5, 5.41) is 5.38. The minimum Gasteiger partial charge on any atom is -0.497 e. The number of nitrogens with zero attached hydrogens (tertiary/aromatic N) is 1. The second-order valence-electron chi connectivity index (χ2n) is 7.71. The standard InChI is InChI=1S/C23H25NO2/c1-14-9-18-17-7-6-16(25-2)11-20(17)19-10-15-5-4-8-24(15)13-22(19)21(18)12-23(14)26-3/h6-7,9,11-12,15H,4-5,8,10,13H2,1-3H3. The topological polar surface area (TPSA) is 21.7 Å². The molecule has 2 aliphatic rings. The zero-order chi connectivity index (χ0) is 17.8. The predicted octanol–water partition coefficient (Wildman–Crippen LogP) is 4.84. The van der Waals surface area contributed by atoms with Crippen LogP contribution in [0.25, 0.3) is 21.5 Å². The van der Waals surface area contributed by atoms with Crippen LogP contribution in [0.3, 0.4) is 0 Å². The molecule has 0 radical (unpaired) electrons. The molecule has 0 bridgehead atoms. The van der Waals surface area contributed by atoms with Gasteiger partial charge < -0.3 is 9.47 Å². The number of hydrogen-bond acceptors (Lipinski definition) is 3. The number of rotatable bonds is 2. The molecule has 134 valence electrons. The fourth-order valence-electron chi connectivity index (χ4n) is 5.03. The van der Waals surface area contributed by atoms with Crippen LogP contribution in [0.2, 0.25) is 0 Å². The molecule has 2 heterocycles. The zero-order valence-corrected chi connectivity index (χ0v) is 15.8. The van der Waals surface area contributed by atoms with Crippen LogP contribution in [0.5, 0.6) is 11.5 Å². The van der Waals surface area contributed by atoms with Crippen LogP contribution >= 0.6 is 0 Å². The van der Waals surface area contributed by atoms with Crippen molar-refractivity contribution in [2.45, 2.75) is 38.8 Å². The fraction of sp³-hybridized carbons (Fsp3) is 0.391. The molecule has 3 aromatic carbocycles. The Labute approximate surface area is 154 Å². The molecule has 0 N–H and O–H groups in total. The summed E-state index contributed by atoms with van der Waals surface area (Å²) in [6, 6.07) is 11.8. The summed E-state index contributed by atoms with van der Waals surface area (Å²) in [6.45, 7) is 4.41. The van der Waals surface area contributed by atoms with Crippen LogP contribution in [0.4, 0.5) is 0 Å². The fourth-order valence-corrected chi connectivity index (χ4v) is 5.03. The molecule has 1 saturated heterocycles. The first-order chi connectivity index (χ1) is 12.7. The monoisotopic (exact) mass is 347 g/mol. The van der Waals surface area contributed by atoms with E-state index in [2.05, 4.69) is 42.2 Å². The Bertz CT molecular complexity index is 1020. The summed E-state index contributed by atoms with van der Waals surface area (Å²) in [6.07, 6.45) is 3.78. The first kappa shape index (κ1) is 16.0. The van der Waals surface area contributed by atoms with Crippen molar-refractivity contribution in [2.75, 3.05) is 20.8 Å². The molecule has 0 aliphatic carbocycles. The summed E-state index contributed by atoms with van der Waals surface area (Å²) >= 11 is 0. The lowest BCUT2D eigenvalue weighted by Gasteiger charge is -2.33. The van der Waals surface area contributed by atoms with Crippen molar-refractivity contribution in [3.8, 4) is 11.5 Å². The Morgan fingerprint density at radius 2 is 1.77 bits per heavy atom. The van der Waals surface area contributed by atoms with Gasteiger partial charge in [-0.2, -0.15) is 0 Å². The van der Waals surface area contributed by atoms with Crippen LogP contribution in [0.1, 0.15) is 29.5 Å². The normalized spacial score (nSPS) is 19.6. The van der Waals surface area contributed by atoms with Crippen molar-refractivity contribution < 1.29 is 9.47 Å². The minimum absolute atomic E-state index is 0.696. The molecule has 0 aromatic heterocycles. The average Bonchev–Trinajstić information content (AvgIpc) is 3.13. The second kappa shape index (κ2) is 5.88. The lowest BCUT2D eigenvalue weighted by molar-refractivity contribution is 0.229. The maximum absolute atomic E-state index is 5.65. The quantitative estimate of drug-likeness (QED) is 0.619. The largest absolute Gasteiger partial charge is 0.497 e. The third-order valence-corrected chi connectivity index (χ3v) is 6.37. The number of hydrogen-bond donors (Lipinski definition) is 0. The van der Waals surface area contributed by atoms with Crippen LogP contribution in [0, 0.1) is 6.92 Å². The Morgan fingerprint density at radius 1 is 0.923 bits per heavy atom. The number of methoxy groups -OCH3 is 2. The highest BCUT2D eigenvalue weighted by atomic mass is 16.5. The molecule has 0 spiro atoms. The third kappa shape index (κ3) is 2.23. The van der Waals surface area contributed by atoms with Crippen molar-refractivity contribution in [1.29, 1.82) is 0 Å². The Kier molecular flexibility index (Phi) is 3.61. The first-order valence-electron chi connectivity index (χ1n) is 9.53. The number of aryl methyl sites for hydroxylation is 1. The number of benzene rings is 3. The van der Waals surface area contributed by atoms with E-state index in [1.165, 1.54) is 57.6 Å². The molecule has 0 amide bonds. The molecule has 1 unspecified atom stereocenters. The Hall–Kier alpha value is -2.26. The molecule has 26 heavy (non-hydrogen) atoms. The molecule has 3 nitrogen and oxygen atoms in total. The molecule has 3 aromatic rings. The van der Waals surface area contributed by atoms with Crippen molar-refractivity contribution in [3.63, 3.8) is 0 Å². The van der Waals surface area contributed by atoms with E-state index in [-0.39, 0.29) is 0 Å². The van der Waals surface area contributed by atoms with Crippen LogP contribution < -0.4 is 9.47 Å². The second-order valence-corrected chi connectivity index (χ2v) is 7.71. The summed E-state index contributed by atoms with van der Waals surface area (Å²) in [5.41, 5.74) is 4.18. The number of fused-ring (bicyclic) bond motifs is 7. The van der Waals surface area contributed by atoms with Gasteiger partial charge in [-0.05, 0) is 95.2 Å². The van der Waals surface area contributed by atoms with E-state index in [4.69, 9.17) is 9.47 Å². The van der Waals surface area contributed by atoms with Gasteiger partial charge in [-0.25, -0.2) is 0 Å². The van der Waals surface area contributed by atoms with Crippen molar-refractivity contribution in [2.24, 2.45) is 0 Å². The lowest BCUT2D eigenvalue weighted by atomic mass is 9.85. The van der Waals surface area contributed by atoms with E-state index in [0.717, 1.165) is 24.5 Å². The molecule has 5 rings (SSSR count). The van der Waals surface area contributed by atoms with E-state index in [0.29, 0.717) is 6.04 Å². The molecule has 3 heteroatoms. The molecule has 1 fully saturated rings. The maximum atomic E-state index is 5.65. The van der Waals surface area contributed by atoms with Crippen molar-refractivity contribution >= 4 is 21.5 Å². The summed E-state index contributed by atoms with van der Waals surface area (Å²) in [4.78, 5) is 2.67. The highest BCUT2D eigenvalue weighted by Crippen LogP contribution is 2.42. The van der Waals surface area contributed by atoms with Gasteiger partial charge in [0.05, 0.1) is 14.2 Å². The number of ether oxygens (including phenoxy) is 2. The molecular weight excluding hydrogens is 322 g/mol. The molecular formula is C23H25NO2. The molecule has 0 saturated carbocycles. The van der Waals surface area contributed by atoms with Crippen molar-refractivity contribution in [3.05, 3.63) is 47.0 Å². The maximum Gasteiger partial charge on any atom is 0.122 e. The lowest BCUT2D eigenvalue weighted by Crippen LogP contribution is -2.35. The van der Waals surface area contributed by atoms with E-state index in [1.807, 2.05) is 0 Å². The van der Waals surface area contributed by atoms with E-state index in [1.54, 1.807) is 14.2 Å². The van der Waals surface area contributed by atoms with Gasteiger partial charge in [0.25, 0.3) is 0 Å². The first-order valence-corrected chi connectivity index (χ1v) is 9.53. The minimum atomic E-state index is 0.696. The smallest absolute Gasteiger partial charge is 0.122 e. The summed E-state index contributed by atoms with van der Waals surface area (Å²) in [5.74, 6) is 1.93. The van der Waals surface area contributed by atoms with Gasteiger partial charge in [-0.3, -0.25) is 4.90 Å². The summed E-state index contributed by atoms with van der Waals surface area (Å²) in [7, 11) is 3.52. The van der Waals surface area contributed by atoms with Crippen LogP contribution in [-0.4, -0.2) is 31.7 Å². The van der Waals surface area contributed by atoms with Gasteiger partial charge >= 0.3 is 0 Å².